The Labute approximate surface area is 105 Å². The van der Waals surface area contributed by atoms with Crippen LogP contribution in [-0.4, -0.2) is 22.6 Å². The van der Waals surface area contributed by atoms with E-state index >= 15 is 0 Å². The van der Waals surface area contributed by atoms with E-state index in [1.165, 1.54) is 0 Å². The van der Waals surface area contributed by atoms with E-state index in [1.807, 2.05) is 12.1 Å². The van der Waals surface area contributed by atoms with E-state index in [-0.39, 0.29) is 6.42 Å². The number of hydrogen-bond donors (Lipinski definition) is 2. The summed E-state index contributed by atoms with van der Waals surface area (Å²) in [7, 11) is 0. The maximum atomic E-state index is 10.3. The number of unbranched alkanes of at least 4 members (excludes halogenated alkanes) is 2. The van der Waals surface area contributed by atoms with Crippen molar-refractivity contribution in [2.45, 2.75) is 25.7 Å². The normalized spacial score (nSPS) is 10.7. The molecule has 0 aromatic carbocycles. The molecule has 0 fully saturated rings. The summed E-state index contributed by atoms with van der Waals surface area (Å²) in [6.45, 7) is 0.789. The second-order valence-electron chi connectivity index (χ2n) is 4.12. The fourth-order valence-corrected chi connectivity index (χ4v) is 1.82. The number of fused-ring (bicyclic) bond motifs is 1. The molecule has 0 amide bonds. The third-order valence-electron chi connectivity index (χ3n) is 2.74. The first-order valence-corrected chi connectivity index (χ1v) is 6.05. The Morgan fingerprint density at radius 2 is 2.22 bits per heavy atom. The number of aliphatic carboxylic acids is 1. The molecule has 0 aliphatic heterocycles. The second kappa shape index (κ2) is 6.05. The quantitative estimate of drug-likeness (QED) is 0.737. The summed E-state index contributed by atoms with van der Waals surface area (Å²) in [6.07, 6.45) is 6.16. The lowest BCUT2D eigenvalue weighted by atomic mass is 10.2. The van der Waals surface area contributed by atoms with E-state index in [4.69, 9.17) is 9.52 Å². The molecule has 0 bridgehead atoms. The van der Waals surface area contributed by atoms with E-state index < -0.39 is 5.97 Å². The molecule has 0 atom stereocenters. The van der Waals surface area contributed by atoms with Gasteiger partial charge in [-0.1, -0.05) is 6.42 Å². The Morgan fingerprint density at radius 3 is 3.06 bits per heavy atom. The Kier molecular flexibility index (Phi) is 4.17. The van der Waals surface area contributed by atoms with Gasteiger partial charge in [0, 0.05) is 19.2 Å². The minimum atomic E-state index is -0.729. The Morgan fingerprint density at radius 1 is 1.33 bits per heavy atom. The molecule has 5 nitrogen and oxygen atoms in total. The van der Waals surface area contributed by atoms with Gasteiger partial charge in [0.25, 0.3) is 0 Å². The maximum absolute atomic E-state index is 10.3. The van der Waals surface area contributed by atoms with Crippen LogP contribution in [0.4, 0.5) is 5.82 Å². The minimum absolute atomic E-state index is 0.246. The first-order valence-electron chi connectivity index (χ1n) is 6.05. The molecular weight excluding hydrogens is 232 g/mol. The van der Waals surface area contributed by atoms with Crippen LogP contribution in [0.2, 0.25) is 0 Å². The van der Waals surface area contributed by atoms with Crippen molar-refractivity contribution in [3.05, 3.63) is 24.6 Å². The van der Waals surface area contributed by atoms with E-state index in [0.717, 1.165) is 42.6 Å². The van der Waals surface area contributed by atoms with E-state index in [1.54, 1.807) is 12.5 Å². The molecule has 2 heterocycles. The molecule has 2 rings (SSSR count). The summed E-state index contributed by atoms with van der Waals surface area (Å²) >= 11 is 0. The third kappa shape index (κ3) is 3.23. The summed E-state index contributed by atoms with van der Waals surface area (Å²) in [5, 5.41) is 12.7. The molecule has 0 saturated carbocycles. The number of anilines is 1. The predicted octanol–water partition coefficient (Wildman–Crippen LogP) is 2.88. The zero-order chi connectivity index (χ0) is 12.8. The van der Waals surface area contributed by atoms with Gasteiger partial charge in [0.05, 0.1) is 11.6 Å². The van der Waals surface area contributed by atoms with E-state index in [0.29, 0.717) is 0 Å². The molecule has 0 saturated heterocycles. The summed E-state index contributed by atoms with van der Waals surface area (Å²) in [5.41, 5.74) is 0.818. The van der Waals surface area contributed by atoms with Crippen molar-refractivity contribution in [3.63, 3.8) is 0 Å². The largest absolute Gasteiger partial charge is 0.481 e. The molecular formula is C13H16N2O3. The summed E-state index contributed by atoms with van der Waals surface area (Å²) < 4.78 is 5.28. The molecule has 2 N–H and O–H groups in total. The maximum Gasteiger partial charge on any atom is 0.303 e. The summed E-state index contributed by atoms with van der Waals surface area (Å²) in [5.74, 6) is 0.0901. The lowest BCUT2D eigenvalue weighted by Gasteiger charge is -2.05. The average Bonchev–Trinajstić information content (AvgIpc) is 2.82. The summed E-state index contributed by atoms with van der Waals surface area (Å²) in [4.78, 5) is 14.6. The molecule has 0 aliphatic rings. The number of furan rings is 1. The number of pyridine rings is 1. The van der Waals surface area contributed by atoms with E-state index in [9.17, 15) is 4.79 Å². The van der Waals surface area contributed by atoms with Gasteiger partial charge in [0.2, 0.25) is 0 Å². The first-order chi connectivity index (χ1) is 8.77. The highest BCUT2D eigenvalue weighted by Crippen LogP contribution is 2.21. The van der Waals surface area contributed by atoms with Crippen LogP contribution in [0, 0.1) is 0 Å². The van der Waals surface area contributed by atoms with Crippen LogP contribution in [0.1, 0.15) is 25.7 Å². The highest BCUT2D eigenvalue weighted by atomic mass is 16.4. The smallest absolute Gasteiger partial charge is 0.303 e. The Bertz CT molecular complexity index is 522. The van der Waals surface area contributed by atoms with Crippen molar-refractivity contribution < 1.29 is 14.3 Å². The zero-order valence-corrected chi connectivity index (χ0v) is 10.1. The van der Waals surface area contributed by atoms with Gasteiger partial charge in [-0.3, -0.25) is 4.79 Å². The monoisotopic (exact) mass is 248 g/mol. The molecule has 96 valence electrons. The number of nitrogens with zero attached hydrogens (tertiary/aromatic N) is 1. The zero-order valence-electron chi connectivity index (χ0n) is 10.1. The third-order valence-corrected chi connectivity index (χ3v) is 2.74. The lowest BCUT2D eigenvalue weighted by molar-refractivity contribution is -0.137. The number of carboxylic acids is 1. The molecule has 2 aromatic heterocycles. The first kappa shape index (κ1) is 12.4. The number of carbonyl (C=O) groups is 1. The fourth-order valence-electron chi connectivity index (χ4n) is 1.82. The van der Waals surface area contributed by atoms with Crippen LogP contribution in [0.3, 0.4) is 0 Å². The van der Waals surface area contributed by atoms with Gasteiger partial charge in [-0.05, 0) is 25.0 Å². The molecule has 5 heteroatoms. The van der Waals surface area contributed by atoms with Crippen molar-refractivity contribution in [2.75, 3.05) is 11.9 Å². The fraction of sp³-hybridized carbons (Fsp3) is 0.385. The van der Waals surface area contributed by atoms with Gasteiger partial charge < -0.3 is 14.8 Å². The average molecular weight is 248 g/mol. The molecule has 0 spiro atoms. The standard InChI is InChI=1S/C13H16N2O3/c16-12(17)4-2-1-3-7-14-13-10-6-9-18-11(10)5-8-15-13/h5-6,8-9H,1-4,7H2,(H,14,15)(H,16,17). The number of aromatic nitrogens is 1. The Hall–Kier alpha value is -2.04. The van der Waals surface area contributed by atoms with Crippen LogP contribution in [0.5, 0.6) is 0 Å². The van der Waals surface area contributed by atoms with E-state index in [2.05, 4.69) is 10.3 Å². The highest BCUT2D eigenvalue weighted by molar-refractivity contribution is 5.87. The minimum Gasteiger partial charge on any atom is -0.481 e. The second-order valence-corrected chi connectivity index (χ2v) is 4.12. The van der Waals surface area contributed by atoms with Crippen LogP contribution in [0.25, 0.3) is 11.0 Å². The van der Waals surface area contributed by atoms with Crippen LogP contribution < -0.4 is 5.32 Å². The van der Waals surface area contributed by atoms with Gasteiger partial charge in [0.15, 0.2) is 0 Å². The number of nitrogens with one attached hydrogen (secondary N) is 1. The SMILES string of the molecule is O=C(O)CCCCCNc1nccc2occc12. The van der Waals surface area contributed by atoms with Crippen molar-refractivity contribution in [1.82, 2.24) is 4.98 Å². The number of carboxylic acid groups (broad SMARTS) is 1. The van der Waals surface area contributed by atoms with Crippen LogP contribution in [-0.2, 0) is 4.79 Å². The van der Waals surface area contributed by atoms with Crippen molar-refractivity contribution >= 4 is 22.8 Å². The van der Waals surface area contributed by atoms with Crippen molar-refractivity contribution in [2.24, 2.45) is 0 Å². The van der Waals surface area contributed by atoms with Gasteiger partial charge >= 0.3 is 5.97 Å². The van der Waals surface area contributed by atoms with Gasteiger partial charge in [-0.15, -0.1) is 0 Å². The van der Waals surface area contributed by atoms with Gasteiger partial charge in [0.1, 0.15) is 11.4 Å². The predicted molar refractivity (Wildman–Crippen MR) is 68.6 cm³/mol. The van der Waals surface area contributed by atoms with Crippen molar-refractivity contribution in [1.29, 1.82) is 0 Å². The number of rotatable bonds is 7. The molecule has 2 aromatic rings. The highest BCUT2D eigenvalue weighted by Gasteiger charge is 2.03. The summed E-state index contributed by atoms with van der Waals surface area (Å²) in [6, 6.07) is 3.71. The number of hydrogen-bond acceptors (Lipinski definition) is 4. The van der Waals surface area contributed by atoms with Crippen LogP contribution >= 0.6 is 0 Å². The topological polar surface area (TPSA) is 75.4 Å². The van der Waals surface area contributed by atoms with Gasteiger partial charge in [-0.25, -0.2) is 4.98 Å². The van der Waals surface area contributed by atoms with Crippen molar-refractivity contribution in [3.8, 4) is 0 Å². The van der Waals surface area contributed by atoms with Gasteiger partial charge in [-0.2, -0.15) is 0 Å². The molecule has 0 radical (unpaired) electrons. The lowest BCUT2D eigenvalue weighted by Crippen LogP contribution is -2.03. The molecule has 0 aliphatic carbocycles. The molecule has 18 heavy (non-hydrogen) atoms. The Balaban J connectivity index is 1.76. The van der Waals surface area contributed by atoms with Crippen LogP contribution in [0.15, 0.2) is 29.0 Å². The molecule has 0 unspecified atom stereocenters.